The Labute approximate surface area is 358 Å². The average molecular weight is 793 g/mol. The van der Waals surface area contributed by atoms with Crippen LogP contribution in [0.15, 0.2) is 228 Å². The van der Waals surface area contributed by atoms with Gasteiger partial charge >= 0.3 is 0 Å². The Morgan fingerprint density at radius 1 is 0.344 bits per heavy atom. The highest BCUT2D eigenvalue weighted by Crippen LogP contribution is 2.62. The van der Waals surface area contributed by atoms with Crippen molar-refractivity contribution in [2.75, 3.05) is 0 Å². The van der Waals surface area contributed by atoms with Crippen molar-refractivity contribution in [3.8, 4) is 50.5 Å². The van der Waals surface area contributed by atoms with Crippen molar-refractivity contribution in [1.82, 2.24) is 9.55 Å². The molecule has 0 radical (unpaired) electrons. The van der Waals surface area contributed by atoms with Gasteiger partial charge in [-0.1, -0.05) is 188 Å². The van der Waals surface area contributed by atoms with Crippen LogP contribution < -0.4 is 0 Å². The molecule has 0 atom stereocenters. The quantitative estimate of drug-likeness (QED) is 0.177. The molecule has 2 nitrogen and oxygen atoms in total. The van der Waals surface area contributed by atoms with E-state index in [0.29, 0.717) is 0 Å². The molecule has 0 unspecified atom stereocenters. The van der Waals surface area contributed by atoms with E-state index in [1.807, 2.05) is 11.8 Å². The maximum absolute atomic E-state index is 5.38. The topological polar surface area (TPSA) is 17.8 Å². The first kappa shape index (κ1) is 34.4. The lowest BCUT2D eigenvalue weighted by molar-refractivity contribution is 0.724. The molecule has 0 saturated carbocycles. The van der Waals surface area contributed by atoms with Gasteiger partial charge in [-0.15, -0.1) is 0 Å². The second-order valence-corrected chi connectivity index (χ2v) is 17.3. The van der Waals surface area contributed by atoms with Crippen LogP contribution in [0.25, 0.3) is 83.0 Å². The number of benzene rings is 9. The zero-order valence-corrected chi connectivity index (χ0v) is 33.9. The Hall–Kier alpha value is -7.46. The van der Waals surface area contributed by atoms with E-state index in [1.54, 1.807) is 0 Å². The van der Waals surface area contributed by atoms with Crippen LogP contribution in [0.1, 0.15) is 22.3 Å². The van der Waals surface area contributed by atoms with Gasteiger partial charge in [-0.3, -0.25) is 0 Å². The normalized spacial score (nSPS) is 13.3. The third kappa shape index (κ3) is 4.96. The summed E-state index contributed by atoms with van der Waals surface area (Å²) in [4.78, 5) is 7.99. The lowest BCUT2D eigenvalue weighted by atomic mass is 9.67. The first-order valence-electron chi connectivity index (χ1n) is 21.0. The van der Waals surface area contributed by atoms with Gasteiger partial charge in [0, 0.05) is 37.1 Å². The Morgan fingerprint density at radius 3 is 1.69 bits per heavy atom. The third-order valence-corrected chi connectivity index (χ3v) is 14.2. The fourth-order valence-corrected chi connectivity index (χ4v) is 11.7. The number of para-hydroxylation sites is 1. The van der Waals surface area contributed by atoms with Crippen LogP contribution >= 0.6 is 11.8 Å². The molecule has 0 amide bonds. The van der Waals surface area contributed by atoms with E-state index < -0.39 is 5.41 Å². The molecule has 1 spiro atoms. The van der Waals surface area contributed by atoms with Crippen LogP contribution in [0.2, 0.25) is 0 Å². The second-order valence-electron chi connectivity index (χ2n) is 16.2. The first-order valence-corrected chi connectivity index (χ1v) is 21.8. The van der Waals surface area contributed by atoms with Crippen molar-refractivity contribution < 1.29 is 0 Å². The molecule has 13 rings (SSSR count). The van der Waals surface area contributed by atoms with Crippen molar-refractivity contribution in [3.63, 3.8) is 0 Å². The Bertz CT molecular complexity index is 3460. The maximum atomic E-state index is 5.38. The lowest BCUT2D eigenvalue weighted by Gasteiger charge is -2.39. The number of pyridine rings is 1. The highest BCUT2D eigenvalue weighted by Gasteiger charge is 2.50. The summed E-state index contributed by atoms with van der Waals surface area (Å²) in [5.41, 5.74) is 17.5. The van der Waals surface area contributed by atoms with Crippen molar-refractivity contribution in [3.05, 3.63) is 241 Å². The van der Waals surface area contributed by atoms with Crippen LogP contribution in [-0.2, 0) is 5.41 Å². The summed E-state index contributed by atoms with van der Waals surface area (Å²) in [5, 5.41) is 4.85. The summed E-state index contributed by atoms with van der Waals surface area (Å²) in [7, 11) is 0. The Morgan fingerprint density at radius 2 is 0.934 bits per heavy atom. The fraction of sp³-hybridized carbons (Fsp3) is 0.0172. The molecule has 2 aromatic heterocycles. The number of aromatic nitrogens is 2. The van der Waals surface area contributed by atoms with Gasteiger partial charge in [0.1, 0.15) is 0 Å². The van der Waals surface area contributed by atoms with E-state index in [9.17, 15) is 0 Å². The highest BCUT2D eigenvalue weighted by atomic mass is 32.2. The van der Waals surface area contributed by atoms with Crippen LogP contribution in [0.3, 0.4) is 0 Å². The fourth-order valence-electron chi connectivity index (χ4n) is 10.5. The average Bonchev–Trinajstić information content (AvgIpc) is 3.81. The molecule has 0 N–H and O–H groups in total. The number of fused-ring (bicyclic) bond motifs is 13. The molecule has 284 valence electrons. The number of nitrogens with zero attached hydrogens (tertiary/aromatic N) is 2. The summed E-state index contributed by atoms with van der Waals surface area (Å²) in [6.07, 6.45) is 0. The summed E-state index contributed by atoms with van der Waals surface area (Å²) in [6.45, 7) is 0. The minimum Gasteiger partial charge on any atom is -0.309 e. The minimum absolute atomic E-state index is 0.461. The molecule has 1 aliphatic heterocycles. The lowest BCUT2D eigenvalue weighted by Crippen LogP contribution is -2.32. The summed E-state index contributed by atoms with van der Waals surface area (Å²) in [5.74, 6) is 0. The summed E-state index contributed by atoms with van der Waals surface area (Å²) < 4.78 is 2.52. The SMILES string of the molecule is c1ccc(-c2cc(-c3ccccc3)nc(-c3ccc(-n4c5ccccc5c5cc6c(cc54)C4(c5ccccc5S6)c5ccccc5-c5ccccc54)c4ccccc34)c2)cc1. The van der Waals surface area contributed by atoms with E-state index in [0.717, 1.165) is 33.8 Å². The van der Waals surface area contributed by atoms with Crippen molar-refractivity contribution in [2.24, 2.45) is 0 Å². The van der Waals surface area contributed by atoms with Crippen LogP contribution in [0, 0.1) is 0 Å². The monoisotopic (exact) mass is 792 g/mol. The molecular weight excluding hydrogens is 757 g/mol. The predicted octanol–water partition coefficient (Wildman–Crippen LogP) is 15.2. The van der Waals surface area contributed by atoms with Crippen LogP contribution in [0.4, 0.5) is 0 Å². The minimum atomic E-state index is -0.461. The molecule has 11 aromatic rings. The third-order valence-electron chi connectivity index (χ3n) is 13.1. The largest absolute Gasteiger partial charge is 0.309 e. The van der Waals surface area contributed by atoms with Gasteiger partial charge in [-0.05, 0) is 92.4 Å². The van der Waals surface area contributed by atoms with Gasteiger partial charge in [-0.2, -0.15) is 0 Å². The van der Waals surface area contributed by atoms with Crippen LogP contribution in [-0.4, -0.2) is 9.55 Å². The standard InChI is InChI=1S/C58H36N2S/c1-3-17-37(18-4-1)39-33-51(38-19-5-2-6-20-38)59-52(34-39)43-31-32-54(44-24-8-7-21-40(43)44)60-53-29-15-11-25-45(53)46-35-57-50(36-55(46)60)58(49-28-14-16-30-56(49)61-57)47-26-12-9-22-41(47)42-23-10-13-27-48(42)58/h1-36H. The van der Waals surface area contributed by atoms with Gasteiger partial charge in [-0.25, -0.2) is 4.98 Å². The number of rotatable bonds is 4. The van der Waals surface area contributed by atoms with E-state index in [-0.39, 0.29) is 0 Å². The number of hydrogen-bond acceptors (Lipinski definition) is 2. The van der Waals surface area contributed by atoms with Gasteiger partial charge < -0.3 is 4.57 Å². The molecule has 3 heteroatoms. The first-order chi connectivity index (χ1) is 30.3. The van der Waals surface area contributed by atoms with Crippen molar-refractivity contribution in [2.45, 2.75) is 15.2 Å². The molecule has 0 bridgehead atoms. The summed E-state index contributed by atoms with van der Waals surface area (Å²) >= 11 is 1.91. The molecule has 0 saturated heterocycles. The second kappa shape index (κ2) is 13.3. The molecule has 9 aromatic carbocycles. The van der Waals surface area contributed by atoms with E-state index in [2.05, 4.69) is 223 Å². The van der Waals surface area contributed by atoms with Gasteiger partial charge in [0.05, 0.1) is 33.5 Å². The Balaban J connectivity index is 1.08. The van der Waals surface area contributed by atoms with Gasteiger partial charge in [0.2, 0.25) is 0 Å². The van der Waals surface area contributed by atoms with Crippen LogP contribution in [0.5, 0.6) is 0 Å². The van der Waals surface area contributed by atoms with Crippen molar-refractivity contribution >= 4 is 44.3 Å². The number of hydrogen-bond donors (Lipinski definition) is 0. The zero-order chi connectivity index (χ0) is 40.1. The molecule has 1 aliphatic carbocycles. The van der Waals surface area contributed by atoms with Gasteiger partial charge in [0.15, 0.2) is 0 Å². The molecular formula is C58H36N2S. The smallest absolute Gasteiger partial charge is 0.0736 e. The maximum Gasteiger partial charge on any atom is 0.0736 e. The van der Waals surface area contributed by atoms with E-state index in [4.69, 9.17) is 4.98 Å². The molecule has 0 fully saturated rings. The zero-order valence-electron chi connectivity index (χ0n) is 33.1. The van der Waals surface area contributed by atoms with Gasteiger partial charge in [0.25, 0.3) is 0 Å². The predicted molar refractivity (Wildman–Crippen MR) is 254 cm³/mol. The molecule has 61 heavy (non-hydrogen) atoms. The van der Waals surface area contributed by atoms with E-state index in [1.165, 1.54) is 81.3 Å². The Kier molecular flexibility index (Phi) is 7.49. The van der Waals surface area contributed by atoms with E-state index >= 15 is 0 Å². The summed E-state index contributed by atoms with van der Waals surface area (Å²) in [6, 6.07) is 80.3. The molecule has 2 aliphatic rings. The molecule has 3 heterocycles. The highest BCUT2D eigenvalue weighted by molar-refractivity contribution is 7.99. The van der Waals surface area contributed by atoms with Crippen molar-refractivity contribution in [1.29, 1.82) is 0 Å².